The number of rotatable bonds is 3. The molecule has 2 aromatic rings. The molecule has 2 rings (SSSR count). The molecule has 0 N–H and O–H groups in total. The van der Waals surface area contributed by atoms with Gasteiger partial charge in [0.25, 0.3) is 0 Å². The van der Waals surface area contributed by atoms with Gasteiger partial charge >= 0.3 is 0 Å². The third-order valence-corrected chi connectivity index (χ3v) is 2.51. The Morgan fingerprint density at radius 1 is 1.53 bits per heavy atom. The maximum atomic E-state index is 11.8. The molecule has 78 valence electrons. The van der Waals surface area contributed by atoms with Crippen LogP contribution < -0.4 is 0 Å². The van der Waals surface area contributed by atoms with E-state index in [1.165, 1.54) is 22.0 Å². The van der Waals surface area contributed by atoms with E-state index in [9.17, 15) is 4.79 Å². The lowest BCUT2D eigenvalue weighted by atomic mass is 10.3. The molecule has 0 aliphatic heterocycles. The highest BCUT2D eigenvalue weighted by molar-refractivity contribution is 9.10. The summed E-state index contributed by atoms with van der Waals surface area (Å²) >= 11 is 3.27. The van der Waals surface area contributed by atoms with Crippen molar-refractivity contribution in [3.8, 4) is 0 Å². The summed E-state index contributed by atoms with van der Waals surface area (Å²) in [5, 5.41) is 7.84. The van der Waals surface area contributed by atoms with Crippen molar-refractivity contribution < 1.29 is 4.79 Å². The van der Waals surface area contributed by atoms with Crippen molar-refractivity contribution in [3.63, 3.8) is 0 Å². The topological polar surface area (TPSA) is 65.6 Å². The van der Waals surface area contributed by atoms with Gasteiger partial charge in [-0.2, -0.15) is 10.2 Å². The minimum absolute atomic E-state index is 0.0626. The number of hydrogen-bond acceptors (Lipinski definition) is 4. The molecule has 2 aromatic heterocycles. The van der Waals surface area contributed by atoms with E-state index in [2.05, 4.69) is 31.1 Å². The Balaban J connectivity index is 2.22. The number of carbonyl (C=O) groups is 1. The summed E-state index contributed by atoms with van der Waals surface area (Å²) in [6.07, 6.45) is 4.49. The predicted molar refractivity (Wildman–Crippen MR) is 55.3 cm³/mol. The van der Waals surface area contributed by atoms with Gasteiger partial charge in [-0.1, -0.05) is 0 Å². The fourth-order valence-electron chi connectivity index (χ4n) is 1.26. The number of aryl methyl sites for hydroxylation is 1. The monoisotopic (exact) mass is 269 g/mol. The van der Waals surface area contributed by atoms with Crippen LogP contribution in [-0.4, -0.2) is 30.3 Å². The first-order chi connectivity index (χ1) is 7.18. The zero-order valence-electron chi connectivity index (χ0n) is 7.96. The van der Waals surface area contributed by atoms with E-state index in [1.807, 2.05) is 0 Å². The van der Waals surface area contributed by atoms with E-state index >= 15 is 0 Å². The molecule has 0 amide bonds. The van der Waals surface area contributed by atoms with Gasteiger partial charge in [-0.05, 0) is 15.9 Å². The van der Waals surface area contributed by atoms with E-state index in [-0.39, 0.29) is 12.3 Å². The van der Waals surface area contributed by atoms with Crippen molar-refractivity contribution in [1.29, 1.82) is 0 Å². The molecule has 2 heterocycles. The molecule has 0 saturated carbocycles. The Morgan fingerprint density at radius 3 is 2.87 bits per heavy atom. The fourth-order valence-corrected chi connectivity index (χ4v) is 1.83. The maximum Gasteiger partial charge on any atom is 0.203 e. The molecule has 0 radical (unpaired) electrons. The molecular formula is C8H8BrN5O. The minimum Gasteiger partial charge on any atom is -0.290 e. The van der Waals surface area contributed by atoms with Gasteiger partial charge in [0.2, 0.25) is 5.78 Å². The highest BCUT2D eigenvalue weighted by Gasteiger charge is 2.15. The fraction of sp³-hybridized carbons (Fsp3) is 0.250. The SMILES string of the molecule is Cn1ncc(Br)c1C(=O)Cn1cncn1. The Kier molecular flexibility index (Phi) is 2.63. The van der Waals surface area contributed by atoms with Crippen LogP contribution >= 0.6 is 15.9 Å². The third kappa shape index (κ3) is 1.96. The van der Waals surface area contributed by atoms with Crippen molar-refractivity contribution >= 4 is 21.7 Å². The molecule has 0 aliphatic carbocycles. The second kappa shape index (κ2) is 3.93. The van der Waals surface area contributed by atoms with Gasteiger partial charge in [0.1, 0.15) is 24.9 Å². The number of halogens is 1. The average Bonchev–Trinajstić information content (AvgIpc) is 2.77. The Labute approximate surface area is 94.0 Å². The summed E-state index contributed by atoms with van der Waals surface area (Å²) in [6, 6.07) is 0. The van der Waals surface area contributed by atoms with Crippen molar-refractivity contribution in [1.82, 2.24) is 24.5 Å². The van der Waals surface area contributed by atoms with Crippen molar-refractivity contribution in [3.05, 3.63) is 29.0 Å². The van der Waals surface area contributed by atoms with Crippen LogP contribution in [0, 0.1) is 0 Å². The molecular weight excluding hydrogens is 262 g/mol. The van der Waals surface area contributed by atoms with Crippen LogP contribution in [0.2, 0.25) is 0 Å². The van der Waals surface area contributed by atoms with E-state index in [0.29, 0.717) is 10.2 Å². The number of nitrogens with zero attached hydrogens (tertiary/aromatic N) is 5. The van der Waals surface area contributed by atoms with E-state index < -0.39 is 0 Å². The second-order valence-corrected chi connectivity index (χ2v) is 3.84. The zero-order chi connectivity index (χ0) is 10.8. The third-order valence-electron chi connectivity index (χ3n) is 1.93. The van der Waals surface area contributed by atoms with Crippen LogP contribution in [0.15, 0.2) is 23.3 Å². The van der Waals surface area contributed by atoms with Gasteiger partial charge in [-0.3, -0.25) is 9.48 Å². The minimum atomic E-state index is -0.0626. The lowest BCUT2D eigenvalue weighted by Gasteiger charge is -2.01. The van der Waals surface area contributed by atoms with Crippen LogP contribution in [0.25, 0.3) is 0 Å². The van der Waals surface area contributed by atoms with Gasteiger partial charge in [0.15, 0.2) is 0 Å². The Morgan fingerprint density at radius 2 is 2.33 bits per heavy atom. The van der Waals surface area contributed by atoms with Crippen LogP contribution in [-0.2, 0) is 13.6 Å². The molecule has 0 bridgehead atoms. The molecule has 0 atom stereocenters. The first-order valence-corrected chi connectivity index (χ1v) is 5.01. The summed E-state index contributed by atoms with van der Waals surface area (Å²) in [5.74, 6) is -0.0626. The molecule has 0 aromatic carbocycles. The molecule has 0 unspecified atom stereocenters. The van der Waals surface area contributed by atoms with Crippen LogP contribution in [0.3, 0.4) is 0 Å². The summed E-state index contributed by atoms with van der Waals surface area (Å²) in [4.78, 5) is 15.6. The largest absolute Gasteiger partial charge is 0.290 e. The summed E-state index contributed by atoms with van der Waals surface area (Å²) in [6.45, 7) is 0.165. The number of hydrogen-bond donors (Lipinski definition) is 0. The lowest BCUT2D eigenvalue weighted by Crippen LogP contribution is -2.15. The summed E-state index contributed by atoms with van der Waals surface area (Å²) in [5.41, 5.74) is 0.533. The molecule has 0 spiro atoms. The zero-order valence-corrected chi connectivity index (χ0v) is 9.55. The summed E-state index contributed by atoms with van der Waals surface area (Å²) in [7, 11) is 1.72. The van der Waals surface area contributed by atoms with E-state index in [0.717, 1.165) is 0 Å². The van der Waals surface area contributed by atoms with Gasteiger partial charge in [0.05, 0.1) is 10.7 Å². The highest BCUT2D eigenvalue weighted by Crippen LogP contribution is 2.15. The molecule has 0 aliphatic rings. The van der Waals surface area contributed by atoms with Crippen molar-refractivity contribution in [2.75, 3.05) is 0 Å². The maximum absolute atomic E-state index is 11.8. The van der Waals surface area contributed by atoms with Crippen LogP contribution in [0.5, 0.6) is 0 Å². The van der Waals surface area contributed by atoms with Crippen LogP contribution in [0.4, 0.5) is 0 Å². The Hall–Kier alpha value is -1.50. The number of ketones is 1. The number of carbonyl (C=O) groups excluding carboxylic acids is 1. The van der Waals surface area contributed by atoms with Crippen molar-refractivity contribution in [2.45, 2.75) is 6.54 Å². The van der Waals surface area contributed by atoms with Crippen molar-refractivity contribution in [2.24, 2.45) is 7.05 Å². The normalized spacial score (nSPS) is 10.5. The molecule has 0 saturated heterocycles. The van der Waals surface area contributed by atoms with E-state index in [1.54, 1.807) is 13.2 Å². The first-order valence-electron chi connectivity index (χ1n) is 4.21. The van der Waals surface area contributed by atoms with Gasteiger partial charge in [-0.25, -0.2) is 9.67 Å². The highest BCUT2D eigenvalue weighted by atomic mass is 79.9. The molecule has 0 fully saturated rings. The van der Waals surface area contributed by atoms with Crippen LogP contribution in [0.1, 0.15) is 10.5 Å². The second-order valence-electron chi connectivity index (χ2n) is 2.98. The smallest absolute Gasteiger partial charge is 0.203 e. The Bertz CT molecular complexity index is 456. The summed E-state index contributed by atoms with van der Waals surface area (Å²) < 4.78 is 3.69. The molecule has 15 heavy (non-hydrogen) atoms. The van der Waals surface area contributed by atoms with Gasteiger partial charge in [0, 0.05) is 7.05 Å². The number of Topliss-reactive ketones (excluding diaryl/α,β-unsaturated/α-hetero) is 1. The average molecular weight is 270 g/mol. The first kappa shape index (κ1) is 10.0. The standard InChI is InChI=1S/C8H8BrN5O/c1-13-8(6(9)2-11-13)7(15)3-14-5-10-4-12-14/h2,4-5H,3H2,1H3. The van der Waals surface area contributed by atoms with E-state index in [4.69, 9.17) is 0 Å². The quantitative estimate of drug-likeness (QED) is 0.768. The molecule has 7 heteroatoms. The lowest BCUT2D eigenvalue weighted by molar-refractivity contribution is 0.0957. The predicted octanol–water partition coefficient (Wildman–Crippen LogP) is 0.657. The van der Waals surface area contributed by atoms with Gasteiger partial charge < -0.3 is 0 Å². The molecule has 6 nitrogen and oxygen atoms in total. The van der Waals surface area contributed by atoms with Gasteiger partial charge in [-0.15, -0.1) is 0 Å². The number of aromatic nitrogens is 5.